The number of benzene rings is 1. The number of carbonyl (C=O) groups is 1. The molecule has 2 aromatic rings. The molecule has 1 atom stereocenters. The summed E-state index contributed by atoms with van der Waals surface area (Å²) in [7, 11) is 1.89. The van der Waals surface area contributed by atoms with Gasteiger partial charge in [0.15, 0.2) is 5.60 Å². The van der Waals surface area contributed by atoms with Gasteiger partial charge in [-0.15, -0.1) is 0 Å². The van der Waals surface area contributed by atoms with E-state index in [1.165, 1.54) is 5.56 Å². The molecule has 0 unspecified atom stereocenters. The van der Waals surface area contributed by atoms with Gasteiger partial charge in [0, 0.05) is 44.8 Å². The molecule has 6 heteroatoms. The van der Waals surface area contributed by atoms with Crippen molar-refractivity contribution in [3.63, 3.8) is 0 Å². The average molecular weight is 383 g/mol. The fourth-order valence-electron chi connectivity index (χ4n) is 3.78. The standard InChI is InChI=1S/C22H30N4O2/c1-17(2)19-7-5-18(6-8-19)14-26-12-4-9-22(28,21(26)27)16-25(3)15-20-13-23-10-11-24-20/h5-8,10-11,13,17,28H,4,9,12,14-16H2,1-3H3/t22-/m1/s1. The van der Waals surface area contributed by atoms with Crippen LogP contribution in [0.3, 0.4) is 0 Å². The zero-order valence-electron chi connectivity index (χ0n) is 17.0. The van der Waals surface area contributed by atoms with Crippen molar-refractivity contribution in [1.29, 1.82) is 0 Å². The van der Waals surface area contributed by atoms with Crippen LogP contribution in [0.1, 0.15) is 49.4 Å². The molecule has 28 heavy (non-hydrogen) atoms. The quantitative estimate of drug-likeness (QED) is 0.797. The largest absolute Gasteiger partial charge is 0.379 e. The minimum Gasteiger partial charge on any atom is -0.379 e. The summed E-state index contributed by atoms with van der Waals surface area (Å²) in [6, 6.07) is 8.40. The number of rotatable bonds is 7. The Kier molecular flexibility index (Phi) is 6.42. The SMILES string of the molecule is CC(C)c1ccc(CN2CCC[C@@](O)(CN(C)Cc3cnccn3)C2=O)cc1. The molecular weight excluding hydrogens is 352 g/mol. The van der Waals surface area contributed by atoms with Gasteiger partial charge < -0.3 is 10.0 Å². The van der Waals surface area contributed by atoms with E-state index in [0.29, 0.717) is 32.0 Å². The number of carbonyl (C=O) groups excluding carboxylic acids is 1. The van der Waals surface area contributed by atoms with Crippen LogP contribution in [0.5, 0.6) is 0 Å². The third kappa shape index (κ3) is 4.94. The van der Waals surface area contributed by atoms with E-state index < -0.39 is 5.60 Å². The Bertz CT molecular complexity index is 779. The van der Waals surface area contributed by atoms with Gasteiger partial charge in [-0.3, -0.25) is 19.7 Å². The fraction of sp³-hybridized carbons (Fsp3) is 0.500. The Morgan fingerprint density at radius 2 is 2.00 bits per heavy atom. The molecule has 6 nitrogen and oxygen atoms in total. The number of nitrogens with zero attached hydrogens (tertiary/aromatic N) is 4. The number of hydrogen-bond donors (Lipinski definition) is 1. The second-order valence-electron chi connectivity index (χ2n) is 8.13. The first-order valence-electron chi connectivity index (χ1n) is 9.91. The number of aliphatic hydroxyl groups is 1. The van der Waals surface area contributed by atoms with E-state index in [9.17, 15) is 9.90 Å². The molecule has 0 saturated carbocycles. The van der Waals surface area contributed by atoms with Crippen LogP contribution in [0.2, 0.25) is 0 Å². The molecule has 0 radical (unpaired) electrons. The minimum absolute atomic E-state index is 0.183. The van der Waals surface area contributed by atoms with Crippen molar-refractivity contribution < 1.29 is 9.90 Å². The van der Waals surface area contributed by atoms with Crippen LogP contribution in [0, 0.1) is 0 Å². The first-order valence-corrected chi connectivity index (χ1v) is 9.91. The lowest BCUT2D eigenvalue weighted by molar-refractivity contribution is -0.160. The van der Waals surface area contributed by atoms with Crippen LogP contribution in [-0.2, 0) is 17.9 Å². The van der Waals surface area contributed by atoms with E-state index in [4.69, 9.17) is 0 Å². The molecule has 0 bridgehead atoms. The zero-order valence-corrected chi connectivity index (χ0v) is 17.0. The van der Waals surface area contributed by atoms with E-state index in [-0.39, 0.29) is 12.5 Å². The lowest BCUT2D eigenvalue weighted by Crippen LogP contribution is -2.57. The van der Waals surface area contributed by atoms with Gasteiger partial charge in [0.2, 0.25) is 0 Å². The predicted octanol–water partition coefficient (Wildman–Crippen LogP) is 2.59. The van der Waals surface area contributed by atoms with Gasteiger partial charge in [-0.1, -0.05) is 38.1 Å². The molecule has 1 amide bonds. The summed E-state index contributed by atoms with van der Waals surface area (Å²) in [5.41, 5.74) is 1.84. The highest BCUT2D eigenvalue weighted by atomic mass is 16.3. The van der Waals surface area contributed by atoms with Gasteiger partial charge in [0.1, 0.15) is 0 Å². The molecular formula is C22H30N4O2. The van der Waals surface area contributed by atoms with Crippen molar-refractivity contribution in [1.82, 2.24) is 19.8 Å². The van der Waals surface area contributed by atoms with Crippen molar-refractivity contribution in [3.05, 3.63) is 59.7 Å². The molecule has 1 aliphatic rings. The highest BCUT2D eigenvalue weighted by Gasteiger charge is 2.42. The third-order valence-electron chi connectivity index (χ3n) is 5.30. The van der Waals surface area contributed by atoms with E-state index in [1.807, 2.05) is 11.9 Å². The van der Waals surface area contributed by atoms with E-state index in [0.717, 1.165) is 17.7 Å². The molecule has 2 heterocycles. The second kappa shape index (κ2) is 8.80. The molecule has 3 rings (SSSR count). The van der Waals surface area contributed by atoms with E-state index in [2.05, 4.69) is 48.1 Å². The summed E-state index contributed by atoms with van der Waals surface area (Å²) < 4.78 is 0. The number of piperidine rings is 1. The van der Waals surface area contributed by atoms with Crippen LogP contribution in [-0.4, -0.2) is 56.5 Å². The Hall–Kier alpha value is -2.31. The Morgan fingerprint density at radius 1 is 1.25 bits per heavy atom. The zero-order chi connectivity index (χ0) is 20.1. The van der Waals surface area contributed by atoms with Crippen molar-refractivity contribution in [2.75, 3.05) is 20.1 Å². The summed E-state index contributed by atoms with van der Waals surface area (Å²) in [5.74, 6) is 0.304. The van der Waals surface area contributed by atoms with Gasteiger partial charge in [-0.05, 0) is 36.9 Å². The lowest BCUT2D eigenvalue weighted by Gasteiger charge is -2.40. The first kappa shape index (κ1) is 20.4. The molecule has 1 saturated heterocycles. The average Bonchev–Trinajstić information content (AvgIpc) is 2.66. The van der Waals surface area contributed by atoms with Crippen LogP contribution in [0.25, 0.3) is 0 Å². The molecule has 0 spiro atoms. The number of amides is 1. The van der Waals surface area contributed by atoms with Gasteiger partial charge in [-0.2, -0.15) is 0 Å². The Morgan fingerprint density at radius 3 is 2.64 bits per heavy atom. The summed E-state index contributed by atoms with van der Waals surface area (Å²) in [6.07, 6.45) is 6.27. The van der Waals surface area contributed by atoms with Crippen LogP contribution >= 0.6 is 0 Å². The van der Waals surface area contributed by atoms with Gasteiger partial charge in [0.05, 0.1) is 5.69 Å². The second-order valence-corrected chi connectivity index (χ2v) is 8.13. The molecule has 1 N–H and O–H groups in total. The maximum Gasteiger partial charge on any atom is 0.256 e. The number of hydrogen-bond acceptors (Lipinski definition) is 5. The van der Waals surface area contributed by atoms with Crippen molar-refractivity contribution in [3.8, 4) is 0 Å². The minimum atomic E-state index is -1.35. The molecule has 1 aromatic carbocycles. The number of likely N-dealkylation sites (N-methyl/N-ethyl adjacent to an activating group) is 1. The highest BCUT2D eigenvalue weighted by Crippen LogP contribution is 2.26. The number of aromatic nitrogens is 2. The molecule has 1 aliphatic heterocycles. The maximum atomic E-state index is 13.0. The van der Waals surface area contributed by atoms with E-state index >= 15 is 0 Å². The van der Waals surface area contributed by atoms with Crippen molar-refractivity contribution in [2.24, 2.45) is 0 Å². The van der Waals surface area contributed by atoms with Crippen LogP contribution in [0.4, 0.5) is 0 Å². The summed E-state index contributed by atoms with van der Waals surface area (Å²) in [5, 5.41) is 11.1. The highest BCUT2D eigenvalue weighted by molar-refractivity contribution is 5.86. The fourth-order valence-corrected chi connectivity index (χ4v) is 3.78. The van der Waals surface area contributed by atoms with Gasteiger partial charge in [-0.25, -0.2) is 0 Å². The first-order chi connectivity index (χ1) is 13.4. The van der Waals surface area contributed by atoms with Crippen LogP contribution in [0.15, 0.2) is 42.9 Å². The normalized spacial score (nSPS) is 20.2. The van der Waals surface area contributed by atoms with E-state index in [1.54, 1.807) is 23.5 Å². The maximum absolute atomic E-state index is 13.0. The van der Waals surface area contributed by atoms with Crippen molar-refractivity contribution >= 4 is 5.91 Å². The molecule has 0 aliphatic carbocycles. The Labute approximate surface area is 167 Å². The smallest absolute Gasteiger partial charge is 0.256 e. The topological polar surface area (TPSA) is 69.6 Å². The van der Waals surface area contributed by atoms with Crippen molar-refractivity contribution in [2.45, 2.75) is 51.3 Å². The lowest BCUT2D eigenvalue weighted by atomic mass is 9.90. The number of likely N-dealkylation sites (tertiary alicyclic amines) is 1. The molecule has 1 fully saturated rings. The van der Waals surface area contributed by atoms with Gasteiger partial charge in [0.25, 0.3) is 5.91 Å². The van der Waals surface area contributed by atoms with Gasteiger partial charge >= 0.3 is 0 Å². The third-order valence-corrected chi connectivity index (χ3v) is 5.30. The molecule has 1 aromatic heterocycles. The Balaban J connectivity index is 1.63. The van der Waals surface area contributed by atoms with Crippen LogP contribution < -0.4 is 0 Å². The molecule has 150 valence electrons. The summed E-state index contributed by atoms with van der Waals surface area (Å²) in [4.78, 5) is 25.1. The monoisotopic (exact) mass is 382 g/mol. The summed E-state index contributed by atoms with van der Waals surface area (Å²) >= 11 is 0. The predicted molar refractivity (Wildman–Crippen MR) is 108 cm³/mol. The summed E-state index contributed by atoms with van der Waals surface area (Å²) in [6.45, 7) is 6.38.